The third-order valence-electron chi connectivity index (χ3n) is 2.19. The minimum atomic E-state index is 0.653. The summed E-state index contributed by atoms with van der Waals surface area (Å²) in [6, 6.07) is 7.48. The zero-order valence-electron chi connectivity index (χ0n) is 8.24. The first kappa shape index (κ1) is 8.81. The van der Waals surface area contributed by atoms with Gasteiger partial charge in [-0.2, -0.15) is 0 Å². The molecule has 72 valence electrons. The SMILES string of the molecule is Cc1nc(-c2ccc(N)cc2)oc1C. The van der Waals surface area contributed by atoms with Gasteiger partial charge >= 0.3 is 0 Å². The van der Waals surface area contributed by atoms with Crippen LogP contribution in [0, 0.1) is 13.8 Å². The Morgan fingerprint density at radius 3 is 2.29 bits per heavy atom. The molecule has 0 radical (unpaired) electrons. The zero-order valence-corrected chi connectivity index (χ0v) is 8.24. The number of aryl methyl sites for hydroxylation is 2. The molecule has 0 aliphatic heterocycles. The number of oxazole rings is 1. The van der Waals surface area contributed by atoms with Gasteiger partial charge in [0, 0.05) is 11.3 Å². The first-order valence-electron chi connectivity index (χ1n) is 4.47. The standard InChI is InChI=1S/C11H12N2O/c1-7-8(2)14-11(13-7)9-3-5-10(12)6-4-9/h3-6H,12H2,1-2H3. The van der Waals surface area contributed by atoms with Crippen molar-refractivity contribution in [2.45, 2.75) is 13.8 Å². The van der Waals surface area contributed by atoms with Gasteiger partial charge in [-0.15, -0.1) is 0 Å². The molecule has 0 spiro atoms. The Hall–Kier alpha value is -1.77. The van der Waals surface area contributed by atoms with Crippen molar-refractivity contribution in [3.8, 4) is 11.5 Å². The summed E-state index contributed by atoms with van der Waals surface area (Å²) in [5.41, 5.74) is 8.21. The average Bonchev–Trinajstić information content (AvgIpc) is 2.48. The maximum Gasteiger partial charge on any atom is 0.226 e. The van der Waals surface area contributed by atoms with Crippen LogP contribution in [0.3, 0.4) is 0 Å². The first-order chi connectivity index (χ1) is 6.66. The molecule has 1 aromatic heterocycles. The Bertz CT molecular complexity index is 423. The van der Waals surface area contributed by atoms with E-state index >= 15 is 0 Å². The van der Waals surface area contributed by atoms with E-state index in [2.05, 4.69) is 4.98 Å². The minimum absolute atomic E-state index is 0.653. The number of anilines is 1. The van der Waals surface area contributed by atoms with E-state index in [1.54, 1.807) is 0 Å². The summed E-state index contributed by atoms with van der Waals surface area (Å²) in [6.45, 7) is 3.84. The molecule has 2 aromatic rings. The van der Waals surface area contributed by atoms with E-state index in [0.717, 1.165) is 22.7 Å². The van der Waals surface area contributed by atoms with Gasteiger partial charge in [-0.3, -0.25) is 0 Å². The van der Waals surface area contributed by atoms with Gasteiger partial charge in [0.05, 0.1) is 5.69 Å². The lowest BCUT2D eigenvalue weighted by molar-refractivity contribution is 0.541. The maximum atomic E-state index is 5.59. The Morgan fingerprint density at radius 1 is 1.14 bits per heavy atom. The van der Waals surface area contributed by atoms with E-state index in [1.807, 2.05) is 38.1 Å². The average molecular weight is 188 g/mol. The van der Waals surface area contributed by atoms with Crippen LogP contribution < -0.4 is 5.73 Å². The predicted octanol–water partition coefficient (Wildman–Crippen LogP) is 2.54. The zero-order chi connectivity index (χ0) is 10.1. The number of nitrogen functional groups attached to an aromatic ring is 1. The third-order valence-corrected chi connectivity index (χ3v) is 2.19. The number of benzene rings is 1. The van der Waals surface area contributed by atoms with Crippen molar-refractivity contribution in [1.82, 2.24) is 4.98 Å². The summed E-state index contributed by atoms with van der Waals surface area (Å²) < 4.78 is 5.49. The van der Waals surface area contributed by atoms with Gasteiger partial charge in [0.2, 0.25) is 5.89 Å². The van der Waals surface area contributed by atoms with Crippen LogP contribution in [-0.2, 0) is 0 Å². The number of rotatable bonds is 1. The Labute approximate surface area is 82.6 Å². The topological polar surface area (TPSA) is 52.0 Å². The summed E-state index contributed by atoms with van der Waals surface area (Å²) in [7, 11) is 0. The lowest BCUT2D eigenvalue weighted by Crippen LogP contribution is -1.83. The number of nitrogens with two attached hydrogens (primary N) is 1. The largest absolute Gasteiger partial charge is 0.441 e. The van der Waals surface area contributed by atoms with Gasteiger partial charge in [0.1, 0.15) is 5.76 Å². The van der Waals surface area contributed by atoms with Gasteiger partial charge in [0.25, 0.3) is 0 Å². The van der Waals surface area contributed by atoms with Gasteiger partial charge in [0.15, 0.2) is 0 Å². The fourth-order valence-corrected chi connectivity index (χ4v) is 1.22. The fraction of sp³-hybridized carbons (Fsp3) is 0.182. The van der Waals surface area contributed by atoms with Gasteiger partial charge < -0.3 is 10.2 Å². The van der Waals surface area contributed by atoms with E-state index in [-0.39, 0.29) is 0 Å². The van der Waals surface area contributed by atoms with Crippen LogP contribution in [0.5, 0.6) is 0 Å². The van der Waals surface area contributed by atoms with Crippen molar-refractivity contribution in [3.63, 3.8) is 0 Å². The molecule has 0 aliphatic carbocycles. The molecule has 0 bridgehead atoms. The smallest absolute Gasteiger partial charge is 0.226 e. The highest BCUT2D eigenvalue weighted by Crippen LogP contribution is 2.21. The monoisotopic (exact) mass is 188 g/mol. The number of aromatic nitrogens is 1. The molecular formula is C11H12N2O. The molecule has 3 nitrogen and oxygen atoms in total. The first-order valence-corrected chi connectivity index (χ1v) is 4.47. The van der Waals surface area contributed by atoms with Crippen molar-refractivity contribution >= 4 is 5.69 Å². The van der Waals surface area contributed by atoms with Crippen molar-refractivity contribution in [3.05, 3.63) is 35.7 Å². The summed E-state index contributed by atoms with van der Waals surface area (Å²) in [4.78, 5) is 4.30. The second-order valence-corrected chi connectivity index (χ2v) is 3.28. The molecule has 1 heterocycles. The molecular weight excluding hydrogens is 176 g/mol. The molecule has 0 aliphatic rings. The summed E-state index contributed by atoms with van der Waals surface area (Å²) in [6.07, 6.45) is 0. The van der Waals surface area contributed by atoms with Crippen LogP contribution in [0.25, 0.3) is 11.5 Å². The van der Waals surface area contributed by atoms with E-state index in [0.29, 0.717) is 5.89 Å². The maximum absolute atomic E-state index is 5.59. The molecule has 2 rings (SSSR count). The van der Waals surface area contributed by atoms with Crippen LogP contribution >= 0.6 is 0 Å². The molecule has 0 amide bonds. The third kappa shape index (κ3) is 1.48. The van der Waals surface area contributed by atoms with Gasteiger partial charge in [-0.05, 0) is 38.1 Å². The van der Waals surface area contributed by atoms with Crippen LogP contribution in [0.2, 0.25) is 0 Å². The van der Waals surface area contributed by atoms with E-state index in [1.165, 1.54) is 0 Å². The number of nitrogens with zero attached hydrogens (tertiary/aromatic N) is 1. The highest BCUT2D eigenvalue weighted by Gasteiger charge is 2.06. The van der Waals surface area contributed by atoms with Crippen molar-refractivity contribution in [2.24, 2.45) is 0 Å². The molecule has 3 heteroatoms. The number of hydrogen-bond acceptors (Lipinski definition) is 3. The van der Waals surface area contributed by atoms with Crippen molar-refractivity contribution in [1.29, 1.82) is 0 Å². The Kier molecular flexibility index (Phi) is 2.00. The Balaban J connectivity index is 2.44. The molecule has 0 atom stereocenters. The highest BCUT2D eigenvalue weighted by atomic mass is 16.4. The van der Waals surface area contributed by atoms with Crippen LogP contribution in [0.1, 0.15) is 11.5 Å². The summed E-state index contributed by atoms with van der Waals surface area (Å²) in [5, 5.41) is 0. The fourth-order valence-electron chi connectivity index (χ4n) is 1.22. The van der Waals surface area contributed by atoms with Crippen LogP contribution in [0.4, 0.5) is 5.69 Å². The predicted molar refractivity (Wildman–Crippen MR) is 55.8 cm³/mol. The van der Waals surface area contributed by atoms with Gasteiger partial charge in [-0.25, -0.2) is 4.98 Å². The molecule has 1 aromatic carbocycles. The molecule has 0 fully saturated rings. The van der Waals surface area contributed by atoms with Crippen molar-refractivity contribution < 1.29 is 4.42 Å². The molecule has 0 unspecified atom stereocenters. The van der Waals surface area contributed by atoms with Crippen LogP contribution in [0.15, 0.2) is 28.7 Å². The molecule has 0 saturated heterocycles. The minimum Gasteiger partial charge on any atom is -0.441 e. The second-order valence-electron chi connectivity index (χ2n) is 3.28. The summed E-state index contributed by atoms with van der Waals surface area (Å²) in [5.74, 6) is 1.51. The number of hydrogen-bond donors (Lipinski definition) is 1. The van der Waals surface area contributed by atoms with Crippen LogP contribution in [-0.4, -0.2) is 4.98 Å². The second kappa shape index (κ2) is 3.18. The highest BCUT2D eigenvalue weighted by molar-refractivity contribution is 5.57. The molecule has 14 heavy (non-hydrogen) atoms. The Morgan fingerprint density at radius 2 is 1.79 bits per heavy atom. The normalized spacial score (nSPS) is 10.4. The molecule has 0 saturated carbocycles. The van der Waals surface area contributed by atoms with E-state index in [9.17, 15) is 0 Å². The molecule has 2 N–H and O–H groups in total. The van der Waals surface area contributed by atoms with Gasteiger partial charge in [-0.1, -0.05) is 0 Å². The van der Waals surface area contributed by atoms with Crippen molar-refractivity contribution in [2.75, 3.05) is 5.73 Å². The van der Waals surface area contributed by atoms with E-state index < -0.39 is 0 Å². The van der Waals surface area contributed by atoms with E-state index in [4.69, 9.17) is 10.2 Å². The lowest BCUT2D eigenvalue weighted by atomic mass is 10.2. The quantitative estimate of drug-likeness (QED) is 0.699. The lowest BCUT2D eigenvalue weighted by Gasteiger charge is -1.95. The summed E-state index contributed by atoms with van der Waals surface area (Å²) >= 11 is 0.